The van der Waals surface area contributed by atoms with Crippen LogP contribution >= 0.6 is 11.6 Å². The summed E-state index contributed by atoms with van der Waals surface area (Å²) in [7, 11) is 0. The quantitative estimate of drug-likeness (QED) is 0.616. The molecule has 1 atom stereocenters. The molecule has 0 bridgehead atoms. The number of halogens is 1. The Labute approximate surface area is 117 Å². The molecular weight excluding hydrogens is 242 g/mol. The van der Waals surface area contributed by atoms with Crippen LogP contribution in [0.2, 0.25) is 0 Å². The van der Waals surface area contributed by atoms with Crippen LogP contribution in [0.5, 0.6) is 0 Å². The van der Waals surface area contributed by atoms with Crippen LogP contribution in [-0.2, 0) is 0 Å². The summed E-state index contributed by atoms with van der Waals surface area (Å²) in [5.41, 5.74) is 6.84. The van der Waals surface area contributed by atoms with Crippen molar-refractivity contribution in [3.8, 4) is 0 Å². The van der Waals surface area contributed by atoms with Gasteiger partial charge in [0.2, 0.25) is 0 Å². The van der Waals surface area contributed by atoms with Gasteiger partial charge < -0.3 is 5.73 Å². The smallest absolute Gasteiger partial charge is 0.0180 e. The van der Waals surface area contributed by atoms with Gasteiger partial charge in [-0.05, 0) is 55.9 Å². The molecule has 18 heavy (non-hydrogen) atoms. The SMILES string of the molecule is C=C/C=C(/Cl)CCCC1(C(N)CC(C)C)CCC1. The summed E-state index contributed by atoms with van der Waals surface area (Å²) in [6.45, 7) is 8.18. The maximum absolute atomic E-state index is 6.43. The maximum atomic E-state index is 6.43. The molecule has 0 spiro atoms. The largest absolute Gasteiger partial charge is 0.327 e. The van der Waals surface area contributed by atoms with Crippen molar-refractivity contribution in [2.24, 2.45) is 17.1 Å². The van der Waals surface area contributed by atoms with Crippen LogP contribution in [-0.4, -0.2) is 6.04 Å². The normalized spacial score (nSPS) is 20.6. The molecule has 1 fully saturated rings. The summed E-state index contributed by atoms with van der Waals surface area (Å²) in [6.07, 6.45) is 12.1. The van der Waals surface area contributed by atoms with E-state index in [2.05, 4.69) is 20.4 Å². The minimum absolute atomic E-state index is 0.369. The first-order chi connectivity index (χ1) is 8.50. The molecular formula is C16H28ClN. The van der Waals surface area contributed by atoms with Crippen LogP contribution in [0.4, 0.5) is 0 Å². The van der Waals surface area contributed by atoms with Gasteiger partial charge >= 0.3 is 0 Å². The number of nitrogens with two attached hydrogens (primary N) is 1. The van der Waals surface area contributed by atoms with Crippen LogP contribution < -0.4 is 5.73 Å². The Bertz CT molecular complexity index is 289. The van der Waals surface area contributed by atoms with Crippen LogP contribution in [0.15, 0.2) is 23.8 Å². The van der Waals surface area contributed by atoms with E-state index in [1.807, 2.05) is 6.08 Å². The van der Waals surface area contributed by atoms with Gasteiger partial charge in [-0.15, -0.1) is 0 Å². The third-order valence-electron chi connectivity index (χ3n) is 4.25. The molecule has 1 aliphatic carbocycles. The standard InChI is InChI=1S/C16H28ClN/c1-4-7-14(17)8-5-9-16(10-6-11-16)15(18)12-13(2)3/h4,7,13,15H,1,5-6,8-12,18H2,2-3H3/b14-7+. The molecule has 1 rings (SSSR count). The highest BCUT2D eigenvalue weighted by molar-refractivity contribution is 6.29. The van der Waals surface area contributed by atoms with Crippen LogP contribution in [0, 0.1) is 11.3 Å². The summed E-state index contributed by atoms with van der Waals surface area (Å²) < 4.78 is 0. The highest BCUT2D eigenvalue weighted by atomic mass is 35.5. The van der Waals surface area contributed by atoms with Gasteiger partial charge in [0.25, 0.3) is 0 Å². The van der Waals surface area contributed by atoms with Gasteiger partial charge in [-0.1, -0.05) is 44.5 Å². The number of hydrogen-bond donors (Lipinski definition) is 1. The molecule has 1 nitrogen and oxygen atoms in total. The molecule has 1 aliphatic rings. The van der Waals surface area contributed by atoms with E-state index in [1.165, 1.54) is 25.7 Å². The first kappa shape index (κ1) is 15.8. The minimum Gasteiger partial charge on any atom is -0.327 e. The molecule has 1 saturated carbocycles. The summed E-state index contributed by atoms with van der Waals surface area (Å²) in [4.78, 5) is 0. The Kier molecular flexibility index (Phi) is 6.45. The fourth-order valence-corrected chi connectivity index (χ4v) is 3.24. The summed E-state index contributed by atoms with van der Waals surface area (Å²) in [5, 5.41) is 0.914. The lowest BCUT2D eigenvalue weighted by Gasteiger charge is -2.47. The van der Waals surface area contributed by atoms with Crippen molar-refractivity contribution in [2.75, 3.05) is 0 Å². The molecule has 0 aromatic heterocycles. The van der Waals surface area contributed by atoms with E-state index in [-0.39, 0.29) is 0 Å². The Balaban J connectivity index is 2.41. The minimum atomic E-state index is 0.369. The third-order valence-corrected chi connectivity index (χ3v) is 4.57. The molecule has 104 valence electrons. The van der Waals surface area contributed by atoms with E-state index in [0.717, 1.165) is 24.3 Å². The summed E-state index contributed by atoms with van der Waals surface area (Å²) >= 11 is 6.09. The van der Waals surface area contributed by atoms with Crippen LogP contribution in [0.1, 0.15) is 58.8 Å². The molecule has 0 radical (unpaired) electrons. The van der Waals surface area contributed by atoms with Crippen molar-refractivity contribution in [1.82, 2.24) is 0 Å². The first-order valence-corrected chi connectivity index (χ1v) is 7.60. The van der Waals surface area contributed by atoms with Gasteiger partial charge in [-0.3, -0.25) is 0 Å². The lowest BCUT2D eigenvalue weighted by molar-refractivity contribution is 0.0692. The maximum Gasteiger partial charge on any atom is 0.0180 e. The average molecular weight is 270 g/mol. The molecule has 0 amide bonds. The average Bonchev–Trinajstić information content (AvgIpc) is 2.21. The molecule has 0 aromatic carbocycles. The van der Waals surface area contributed by atoms with E-state index >= 15 is 0 Å². The third kappa shape index (κ3) is 4.44. The number of hydrogen-bond acceptors (Lipinski definition) is 1. The van der Waals surface area contributed by atoms with Crippen LogP contribution in [0.25, 0.3) is 0 Å². The zero-order valence-electron chi connectivity index (χ0n) is 11.9. The van der Waals surface area contributed by atoms with E-state index in [0.29, 0.717) is 17.4 Å². The van der Waals surface area contributed by atoms with Crippen molar-refractivity contribution < 1.29 is 0 Å². The second-order valence-corrected chi connectivity index (χ2v) is 6.64. The van der Waals surface area contributed by atoms with Gasteiger partial charge in [0.15, 0.2) is 0 Å². The molecule has 2 heteroatoms. The monoisotopic (exact) mass is 269 g/mol. The summed E-state index contributed by atoms with van der Waals surface area (Å²) in [6, 6.07) is 0.369. The van der Waals surface area contributed by atoms with Gasteiger partial charge in [0, 0.05) is 11.1 Å². The van der Waals surface area contributed by atoms with Crippen molar-refractivity contribution in [2.45, 2.75) is 64.8 Å². The van der Waals surface area contributed by atoms with Crippen LogP contribution in [0.3, 0.4) is 0 Å². The summed E-state index contributed by atoms with van der Waals surface area (Å²) in [5.74, 6) is 0.696. The molecule has 1 unspecified atom stereocenters. The van der Waals surface area contributed by atoms with Gasteiger partial charge in [0.1, 0.15) is 0 Å². The molecule has 0 aromatic rings. The van der Waals surface area contributed by atoms with Gasteiger partial charge in [-0.2, -0.15) is 0 Å². The van der Waals surface area contributed by atoms with Gasteiger partial charge in [0.05, 0.1) is 0 Å². The van der Waals surface area contributed by atoms with E-state index in [4.69, 9.17) is 17.3 Å². The zero-order chi connectivity index (χ0) is 13.6. The second-order valence-electron chi connectivity index (χ2n) is 6.15. The second kappa shape index (κ2) is 7.35. The Hall–Kier alpha value is -0.270. The topological polar surface area (TPSA) is 26.0 Å². The number of allylic oxidation sites excluding steroid dienone is 3. The van der Waals surface area contributed by atoms with E-state index < -0.39 is 0 Å². The lowest BCUT2D eigenvalue weighted by atomic mass is 9.60. The molecule has 0 aliphatic heterocycles. The fraction of sp³-hybridized carbons (Fsp3) is 0.750. The van der Waals surface area contributed by atoms with E-state index in [9.17, 15) is 0 Å². The Morgan fingerprint density at radius 1 is 1.44 bits per heavy atom. The number of rotatable bonds is 8. The highest BCUT2D eigenvalue weighted by Crippen LogP contribution is 2.48. The van der Waals surface area contributed by atoms with E-state index in [1.54, 1.807) is 6.08 Å². The molecule has 2 N–H and O–H groups in total. The predicted octanol–water partition coefficient (Wildman–Crippen LogP) is 5.01. The fourth-order valence-electron chi connectivity index (χ4n) is 3.02. The Morgan fingerprint density at radius 3 is 2.56 bits per heavy atom. The van der Waals surface area contributed by atoms with Crippen molar-refractivity contribution >= 4 is 11.6 Å². The molecule has 0 saturated heterocycles. The predicted molar refractivity (Wildman–Crippen MR) is 81.7 cm³/mol. The molecule has 0 heterocycles. The lowest BCUT2D eigenvalue weighted by Crippen LogP contribution is -2.47. The van der Waals surface area contributed by atoms with Gasteiger partial charge in [-0.25, -0.2) is 0 Å². The first-order valence-electron chi connectivity index (χ1n) is 7.23. The Morgan fingerprint density at radius 2 is 2.11 bits per heavy atom. The zero-order valence-corrected chi connectivity index (χ0v) is 12.7. The highest BCUT2D eigenvalue weighted by Gasteiger charge is 2.41. The van der Waals surface area contributed by atoms with Crippen molar-refractivity contribution in [3.63, 3.8) is 0 Å². The van der Waals surface area contributed by atoms with Crippen molar-refractivity contribution in [3.05, 3.63) is 23.8 Å². The van der Waals surface area contributed by atoms with Crippen molar-refractivity contribution in [1.29, 1.82) is 0 Å².